The first kappa shape index (κ1) is 9.63. The first-order valence-corrected chi connectivity index (χ1v) is 3.68. The highest BCUT2D eigenvalue weighted by Gasteiger charge is 2.01. The molecule has 13 heavy (non-hydrogen) atoms. The molecular weight excluding hydrogens is 172 g/mol. The lowest BCUT2D eigenvalue weighted by Gasteiger charge is -2.00. The van der Waals surface area contributed by atoms with Crippen molar-refractivity contribution in [2.24, 2.45) is 0 Å². The van der Waals surface area contributed by atoms with Crippen LogP contribution in [-0.2, 0) is 11.4 Å². The van der Waals surface area contributed by atoms with Crippen LogP contribution in [0.25, 0.3) is 0 Å². The van der Waals surface area contributed by atoms with E-state index in [0.29, 0.717) is 6.54 Å². The number of hydrogen-bond donors (Lipinski definition) is 2. The molecule has 0 aliphatic heterocycles. The molecule has 0 saturated carbocycles. The minimum atomic E-state index is -0.973. The van der Waals surface area contributed by atoms with Gasteiger partial charge >= 0.3 is 5.97 Å². The van der Waals surface area contributed by atoms with E-state index in [0.717, 1.165) is 5.69 Å². The summed E-state index contributed by atoms with van der Waals surface area (Å²) in [7, 11) is 1.51. The molecule has 0 fully saturated rings. The molecule has 0 spiro atoms. The molecule has 0 atom stereocenters. The van der Waals surface area contributed by atoms with Gasteiger partial charge in [-0.25, -0.2) is 4.79 Å². The molecule has 5 heteroatoms. The largest absolute Gasteiger partial charge is 0.478 e. The molecule has 0 aliphatic rings. The second kappa shape index (κ2) is 4.54. The van der Waals surface area contributed by atoms with Crippen LogP contribution in [0, 0.1) is 0 Å². The lowest BCUT2D eigenvalue weighted by atomic mass is 10.2. The average Bonchev–Trinajstić information content (AvgIpc) is 2.15. The van der Waals surface area contributed by atoms with Gasteiger partial charge < -0.3 is 9.94 Å². The van der Waals surface area contributed by atoms with Crippen LogP contribution in [0.5, 0.6) is 0 Å². The topological polar surface area (TPSA) is 71.5 Å². The van der Waals surface area contributed by atoms with Crippen LogP contribution < -0.4 is 5.48 Å². The van der Waals surface area contributed by atoms with E-state index in [4.69, 9.17) is 5.11 Å². The van der Waals surface area contributed by atoms with Crippen LogP contribution in [0.4, 0.5) is 0 Å². The number of hydrogen-bond acceptors (Lipinski definition) is 4. The Balaban J connectivity index is 2.64. The minimum absolute atomic E-state index is 0.182. The summed E-state index contributed by atoms with van der Waals surface area (Å²) in [5, 5.41) is 8.57. The van der Waals surface area contributed by atoms with Gasteiger partial charge in [0.1, 0.15) is 0 Å². The molecule has 0 aliphatic carbocycles. The summed E-state index contributed by atoms with van der Waals surface area (Å²) in [6.07, 6.45) is 1.31. The number of nitrogens with zero attached hydrogens (tertiary/aromatic N) is 1. The summed E-state index contributed by atoms with van der Waals surface area (Å²) < 4.78 is 0. The van der Waals surface area contributed by atoms with Gasteiger partial charge in [0.25, 0.3) is 0 Å². The molecule has 0 unspecified atom stereocenters. The Morgan fingerprint density at radius 3 is 2.92 bits per heavy atom. The predicted molar refractivity (Wildman–Crippen MR) is 45.0 cm³/mol. The predicted octanol–water partition coefficient (Wildman–Crippen LogP) is 0.431. The zero-order chi connectivity index (χ0) is 9.68. The van der Waals surface area contributed by atoms with E-state index in [9.17, 15) is 4.79 Å². The second-order valence-corrected chi connectivity index (χ2v) is 2.37. The number of pyridine rings is 1. The van der Waals surface area contributed by atoms with Crippen molar-refractivity contribution < 1.29 is 14.7 Å². The molecule has 0 aromatic carbocycles. The lowest BCUT2D eigenvalue weighted by molar-refractivity contribution is 0.0696. The molecule has 70 valence electrons. The van der Waals surface area contributed by atoms with Crippen molar-refractivity contribution >= 4 is 5.97 Å². The highest BCUT2D eigenvalue weighted by molar-refractivity contribution is 5.87. The van der Waals surface area contributed by atoms with Crippen molar-refractivity contribution in [3.05, 3.63) is 29.6 Å². The Bertz CT molecular complexity index is 284. The average molecular weight is 182 g/mol. The second-order valence-electron chi connectivity index (χ2n) is 2.37. The quantitative estimate of drug-likeness (QED) is 0.661. The molecule has 1 aromatic heterocycles. The van der Waals surface area contributed by atoms with Crippen LogP contribution >= 0.6 is 0 Å². The van der Waals surface area contributed by atoms with Gasteiger partial charge in [0.15, 0.2) is 0 Å². The number of aromatic nitrogens is 1. The van der Waals surface area contributed by atoms with Crippen molar-refractivity contribution in [3.63, 3.8) is 0 Å². The van der Waals surface area contributed by atoms with Gasteiger partial charge in [-0.15, -0.1) is 0 Å². The van der Waals surface area contributed by atoms with Crippen LogP contribution in [0.2, 0.25) is 0 Å². The highest BCUT2D eigenvalue weighted by atomic mass is 16.6. The highest BCUT2D eigenvalue weighted by Crippen LogP contribution is 1.99. The number of hydroxylamine groups is 1. The van der Waals surface area contributed by atoms with E-state index in [2.05, 4.69) is 15.3 Å². The summed E-state index contributed by atoms with van der Waals surface area (Å²) in [4.78, 5) is 19.0. The Morgan fingerprint density at radius 1 is 1.69 bits per heavy atom. The lowest BCUT2D eigenvalue weighted by Crippen LogP contribution is -2.12. The molecule has 1 aromatic rings. The molecule has 0 bridgehead atoms. The SMILES string of the molecule is CONCc1ccc(C(=O)O)cn1. The number of rotatable bonds is 4. The Labute approximate surface area is 75.3 Å². The first-order chi connectivity index (χ1) is 6.24. The molecule has 0 saturated heterocycles. The number of carbonyl (C=O) groups is 1. The number of aromatic carboxylic acids is 1. The first-order valence-electron chi connectivity index (χ1n) is 3.68. The van der Waals surface area contributed by atoms with Gasteiger partial charge in [0.05, 0.1) is 24.9 Å². The monoisotopic (exact) mass is 182 g/mol. The van der Waals surface area contributed by atoms with Gasteiger partial charge in [0, 0.05) is 6.20 Å². The van der Waals surface area contributed by atoms with Crippen molar-refractivity contribution in [2.75, 3.05) is 7.11 Å². The number of nitrogens with one attached hydrogen (secondary N) is 1. The Morgan fingerprint density at radius 2 is 2.46 bits per heavy atom. The van der Waals surface area contributed by atoms with Crippen LogP contribution in [0.3, 0.4) is 0 Å². The Kier molecular flexibility index (Phi) is 3.36. The van der Waals surface area contributed by atoms with Gasteiger partial charge in [-0.2, -0.15) is 5.48 Å². The summed E-state index contributed by atoms with van der Waals surface area (Å²) in [5.41, 5.74) is 3.51. The van der Waals surface area contributed by atoms with Crippen molar-refractivity contribution in [2.45, 2.75) is 6.54 Å². The zero-order valence-corrected chi connectivity index (χ0v) is 7.15. The molecule has 2 N–H and O–H groups in total. The van der Waals surface area contributed by atoms with Crippen molar-refractivity contribution in [1.29, 1.82) is 0 Å². The van der Waals surface area contributed by atoms with Gasteiger partial charge in [0.2, 0.25) is 0 Å². The molecule has 0 radical (unpaired) electrons. The Hall–Kier alpha value is -1.46. The van der Waals surface area contributed by atoms with E-state index < -0.39 is 5.97 Å². The fourth-order valence-electron chi connectivity index (χ4n) is 0.802. The van der Waals surface area contributed by atoms with Crippen molar-refractivity contribution in [3.8, 4) is 0 Å². The maximum atomic E-state index is 10.4. The van der Waals surface area contributed by atoms with Crippen LogP contribution in [0.1, 0.15) is 16.1 Å². The normalized spacial score (nSPS) is 9.92. The smallest absolute Gasteiger partial charge is 0.337 e. The summed E-state index contributed by atoms with van der Waals surface area (Å²) in [6, 6.07) is 3.14. The van der Waals surface area contributed by atoms with Gasteiger partial charge in [-0.1, -0.05) is 0 Å². The minimum Gasteiger partial charge on any atom is -0.478 e. The standard InChI is InChI=1S/C8H10N2O3/c1-13-10-5-7-3-2-6(4-9-7)8(11)12/h2-4,10H,5H2,1H3,(H,11,12). The van der Waals surface area contributed by atoms with Gasteiger partial charge in [-0.05, 0) is 12.1 Å². The van der Waals surface area contributed by atoms with Crippen LogP contribution in [0.15, 0.2) is 18.3 Å². The molecular formula is C8H10N2O3. The molecule has 0 amide bonds. The van der Waals surface area contributed by atoms with Crippen molar-refractivity contribution in [1.82, 2.24) is 10.5 Å². The third-order valence-corrected chi connectivity index (χ3v) is 1.47. The van der Waals surface area contributed by atoms with E-state index >= 15 is 0 Å². The number of carboxylic acids is 1. The van der Waals surface area contributed by atoms with Crippen LogP contribution in [-0.4, -0.2) is 23.2 Å². The fraction of sp³-hybridized carbons (Fsp3) is 0.250. The van der Waals surface area contributed by atoms with E-state index in [1.807, 2.05) is 0 Å². The third kappa shape index (κ3) is 2.81. The van der Waals surface area contributed by atoms with Gasteiger partial charge in [-0.3, -0.25) is 4.98 Å². The number of carboxylic acid groups (broad SMARTS) is 1. The maximum absolute atomic E-state index is 10.4. The van der Waals surface area contributed by atoms with E-state index in [-0.39, 0.29) is 5.56 Å². The summed E-state index contributed by atoms with van der Waals surface area (Å²) >= 11 is 0. The maximum Gasteiger partial charge on any atom is 0.337 e. The van der Waals surface area contributed by atoms with E-state index in [1.54, 1.807) is 6.07 Å². The molecule has 1 rings (SSSR count). The summed E-state index contributed by atoms with van der Waals surface area (Å²) in [6.45, 7) is 0.455. The molecule has 5 nitrogen and oxygen atoms in total. The fourth-order valence-corrected chi connectivity index (χ4v) is 0.802. The molecule has 1 heterocycles. The van der Waals surface area contributed by atoms with E-state index in [1.165, 1.54) is 19.4 Å². The summed E-state index contributed by atoms with van der Waals surface area (Å²) in [5.74, 6) is -0.973. The zero-order valence-electron chi connectivity index (χ0n) is 7.15. The third-order valence-electron chi connectivity index (χ3n) is 1.47.